The average molecular weight is 477 g/mol. The molecule has 0 spiro atoms. The minimum atomic E-state index is 0. The SMILES string of the molecule is CCCCC[C@@H](c1cc(Br)cc(Br)c1)N1CCNCC1.Cl.Cl. The van der Waals surface area contributed by atoms with Gasteiger partial charge in [-0.1, -0.05) is 58.0 Å². The molecule has 1 atom stereocenters. The highest BCUT2D eigenvalue weighted by Gasteiger charge is 2.22. The van der Waals surface area contributed by atoms with E-state index in [1.807, 2.05) is 0 Å². The molecule has 22 heavy (non-hydrogen) atoms. The highest BCUT2D eigenvalue weighted by molar-refractivity contribution is 9.11. The standard InChI is InChI=1S/C16H24Br2N2.2ClH/c1-2-3-4-5-16(20-8-6-19-7-9-20)13-10-14(17)12-15(18)11-13;;/h10-12,16,19H,2-9H2,1H3;2*1H/t16-;;/m0../s1. The van der Waals surface area contributed by atoms with Gasteiger partial charge >= 0.3 is 0 Å². The Morgan fingerprint density at radius 3 is 2.18 bits per heavy atom. The molecule has 0 aliphatic carbocycles. The quantitative estimate of drug-likeness (QED) is 0.539. The number of nitrogens with one attached hydrogen (secondary N) is 1. The molecule has 2 nitrogen and oxygen atoms in total. The van der Waals surface area contributed by atoms with Gasteiger partial charge in [-0.3, -0.25) is 4.90 Å². The van der Waals surface area contributed by atoms with Gasteiger partial charge in [0.25, 0.3) is 0 Å². The lowest BCUT2D eigenvalue weighted by Crippen LogP contribution is -2.45. The summed E-state index contributed by atoms with van der Waals surface area (Å²) in [5, 5.41) is 3.45. The Bertz CT molecular complexity index is 406. The van der Waals surface area contributed by atoms with E-state index < -0.39 is 0 Å². The fourth-order valence-electron chi connectivity index (χ4n) is 2.91. The van der Waals surface area contributed by atoms with E-state index in [1.54, 1.807) is 0 Å². The van der Waals surface area contributed by atoms with E-state index in [9.17, 15) is 0 Å². The molecule has 1 heterocycles. The smallest absolute Gasteiger partial charge is 0.0350 e. The fraction of sp³-hybridized carbons (Fsp3) is 0.625. The molecule has 2 rings (SSSR count). The van der Waals surface area contributed by atoms with Crippen LogP contribution >= 0.6 is 56.7 Å². The molecule has 1 aromatic carbocycles. The van der Waals surface area contributed by atoms with E-state index in [1.165, 1.54) is 31.2 Å². The lowest BCUT2D eigenvalue weighted by molar-refractivity contribution is 0.162. The first-order valence-electron chi connectivity index (χ1n) is 7.61. The largest absolute Gasteiger partial charge is 0.314 e. The Hall–Kier alpha value is 0.680. The van der Waals surface area contributed by atoms with E-state index in [2.05, 4.69) is 67.2 Å². The molecule has 0 bridgehead atoms. The van der Waals surface area contributed by atoms with Crippen LogP contribution in [0.3, 0.4) is 0 Å². The zero-order valence-electron chi connectivity index (χ0n) is 13.0. The summed E-state index contributed by atoms with van der Waals surface area (Å²) in [5.74, 6) is 0. The summed E-state index contributed by atoms with van der Waals surface area (Å²) in [4.78, 5) is 2.64. The van der Waals surface area contributed by atoms with Gasteiger partial charge in [0.05, 0.1) is 0 Å². The summed E-state index contributed by atoms with van der Waals surface area (Å²) in [7, 11) is 0. The zero-order chi connectivity index (χ0) is 14.4. The normalized spacial score (nSPS) is 16.5. The molecule has 1 aliphatic heterocycles. The van der Waals surface area contributed by atoms with Crippen LogP contribution in [0, 0.1) is 0 Å². The molecule has 0 radical (unpaired) electrons. The van der Waals surface area contributed by atoms with Crippen LogP contribution in [-0.2, 0) is 0 Å². The van der Waals surface area contributed by atoms with Gasteiger partial charge in [0.15, 0.2) is 0 Å². The second kappa shape index (κ2) is 12.1. The number of unbranched alkanes of at least 4 members (excludes halogenated alkanes) is 2. The molecular formula is C16H26Br2Cl2N2. The van der Waals surface area contributed by atoms with Crippen molar-refractivity contribution in [1.82, 2.24) is 10.2 Å². The third-order valence-corrected chi connectivity index (χ3v) is 4.86. The van der Waals surface area contributed by atoms with Crippen molar-refractivity contribution >= 4 is 56.7 Å². The topological polar surface area (TPSA) is 15.3 Å². The summed E-state index contributed by atoms with van der Waals surface area (Å²) in [6.45, 7) is 6.80. The Balaban J connectivity index is 0.00000220. The molecule has 1 N–H and O–H groups in total. The van der Waals surface area contributed by atoms with Crippen LogP contribution in [0.2, 0.25) is 0 Å². The van der Waals surface area contributed by atoms with Gasteiger partial charge < -0.3 is 5.32 Å². The molecule has 0 amide bonds. The molecule has 1 saturated heterocycles. The summed E-state index contributed by atoms with van der Waals surface area (Å²) in [6, 6.07) is 7.23. The number of nitrogens with zero attached hydrogens (tertiary/aromatic N) is 1. The van der Waals surface area contributed by atoms with Crippen molar-refractivity contribution in [2.45, 2.75) is 38.6 Å². The zero-order valence-corrected chi connectivity index (χ0v) is 17.8. The first-order chi connectivity index (χ1) is 9.70. The highest BCUT2D eigenvalue weighted by Crippen LogP contribution is 2.31. The first-order valence-corrected chi connectivity index (χ1v) is 9.20. The van der Waals surface area contributed by atoms with Gasteiger partial charge in [-0.15, -0.1) is 24.8 Å². The van der Waals surface area contributed by atoms with E-state index in [0.29, 0.717) is 6.04 Å². The molecule has 0 saturated carbocycles. The predicted octanol–water partition coefficient (Wildman–Crippen LogP) is 5.58. The second-order valence-corrected chi connectivity index (χ2v) is 7.33. The number of rotatable bonds is 6. The number of halogens is 4. The van der Waals surface area contributed by atoms with Crippen molar-refractivity contribution in [2.24, 2.45) is 0 Å². The third kappa shape index (κ3) is 7.06. The molecule has 6 heteroatoms. The third-order valence-electron chi connectivity index (χ3n) is 3.94. The minimum absolute atomic E-state index is 0. The van der Waals surface area contributed by atoms with Gasteiger partial charge in [0.1, 0.15) is 0 Å². The van der Waals surface area contributed by atoms with Crippen molar-refractivity contribution in [3.05, 3.63) is 32.7 Å². The van der Waals surface area contributed by atoms with Gasteiger partial charge in [-0.05, 0) is 30.2 Å². The predicted molar refractivity (Wildman–Crippen MR) is 108 cm³/mol. The van der Waals surface area contributed by atoms with Crippen molar-refractivity contribution in [1.29, 1.82) is 0 Å². The molecule has 0 unspecified atom stereocenters. The molecule has 1 aliphatic rings. The van der Waals surface area contributed by atoms with Crippen LogP contribution in [0.1, 0.15) is 44.2 Å². The van der Waals surface area contributed by atoms with Crippen LogP contribution in [0.25, 0.3) is 0 Å². The van der Waals surface area contributed by atoms with Crippen LogP contribution in [0.15, 0.2) is 27.1 Å². The summed E-state index contributed by atoms with van der Waals surface area (Å²) in [5.41, 5.74) is 1.43. The van der Waals surface area contributed by atoms with Crippen LogP contribution in [-0.4, -0.2) is 31.1 Å². The van der Waals surface area contributed by atoms with Crippen molar-refractivity contribution < 1.29 is 0 Å². The monoisotopic (exact) mass is 474 g/mol. The first kappa shape index (κ1) is 22.7. The van der Waals surface area contributed by atoms with Crippen molar-refractivity contribution in [2.75, 3.05) is 26.2 Å². The van der Waals surface area contributed by atoms with Gasteiger partial charge in [0.2, 0.25) is 0 Å². The van der Waals surface area contributed by atoms with Gasteiger partial charge in [-0.25, -0.2) is 0 Å². The Labute approximate surface area is 163 Å². The Morgan fingerprint density at radius 2 is 1.64 bits per heavy atom. The number of benzene rings is 1. The molecule has 1 fully saturated rings. The molecule has 128 valence electrons. The van der Waals surface area contributed by atoms with E-state index in [4.69, 9.17) is 0 Å². The average Bonchev–Trinajstić information content (AvgIpc) is 2.43. The highest BCUT2D eigenvalue weighted by atomic mass is 79.9. The maximum Gasteiger partial charge on any atom is 0.0350 e. The van der Waals surface area contributed by atoms with Crippen molar-refractivity contribution in [3.8, 4) is 0 Å². The molecule has 1 aromatic rings. The summed E-state index contributed by atoms with van der Waals surface area (Å²) < 4.78 is 2.33. The molecular weight excluding hydrogens is 451 g/mol. The van der Waals surface area contributed by atoms with E-state index in [0.717, 1.165) is 35.1 Å². The van der Waals surface area contributed by atoms with Crippen molar-refractivity contribution in [3.63, 3.8) is 0 Å². The summed E-state index contributed by atoms with van der Waals surface area (Å²) in [6.07, 6.45) is 5.19. The Kier molecular flexibility index (Phi) is 12.5. The maximum absolute atomic E-state index is 3.63. The second-order valence-electron chi connectivity index (χ2n) is 5.50. The van der Waals surface area contributed by atoms with E-state index in [-0.39, 0.29) is 24.8 Å². The van der Waals surface area contributed by atoms with Gasteiger partial charge in [-0.2, -0.15) is 0 Å². The van der Waals surface area contributed by atoms with Crippen LogP contribution in [0.5, 0.6) is 0 Å². The maximum atomic E-state index is 3.63. The van der Waals surface area contributed by atoms with Crippen LogP contribution < -0.4 is 5.32 Å². The number of piperazine rings is 1. The Morgan fingerprint density at radius 1 is 1.05 bits per heavy atom. The van der Waals surface area contributed by atoms with E-state index >= 15 is 0 Å². The van der Waals surface area contributed by atoms with Gasteiger partial charge in [0, 0.05) is 41.2 Å². The fourth-order valence-corrected chi connectivity index (χ4v) is 4.24. The lowest BCUT2D eigenvalue weighted by atomic mass is 9.98. The summed E-state index contributed by atoms with van der Waals surface area (Å²) >= 11 is 7.25. The molecule has 0 aromatic heterocycles. The van der Waals surface area contributed by atoms with Crippen LogP contribution in [0.4, 0.5) is 0 Å². The lowest BCUT2D eigenvalue weighted by Gasteiger charge is -2.35. The number of hydrogen-bond acceptors (Lipinski definition) is 2. The number of hydrogen-bond donors (Lipinski definition) is 1. The minimum Gasteiger partial charge on any atom is -0.314 e.